The minimum Gasteiger partial charge on any atom is -0.455 e. The largest absolute Gasteiger partial charge is 0.455 e. The molecule has 0 aliphatic heterocycles. The van der Waals surface area contributed by atoms with Crippen LogP contribution < -0.4 is 5.43 Å². The number of thiophene rings is 1. The molecule has 2 amide bonds. The third kappa shape index (κ3) is 2.99. The maximum absolute atomic E-state index is 12.2. The molecule has 7 heteroatoms. The van der Waals surface area contributed by atoms with Crippen LogP contribution in [0.25, 0.3) is 0 Å². The van der Waals surface area contributed by atoms with Crippen LogP contribution in [0.3, 0.4) is 0 Å². The summed E-state index contributed by atoms with van der Waals surface area (Å²) in [6.45, 7) is 1.86. The van der Waals surface area contributed by atoms with Crippen LogP contribution in [0.15, 0.2) is 27.0 Å². The first kappa shape index (κ1) is 16.4. The van der Waals surface area contributed by atoms with Gasteiger partial charge >= 0.3 is 0 Å². The summed E-state index contributed by atoms with van der Waals surface area (Å²) in [5.41, 5.74) is 5.01. The predicted molar refractivity (Wildman–Crippen MR) is 92.7 cm³/mol. The molecule has 1 aliphatic rings. The number of hydrogen-bond acceptors (Lipinski definition) is 5. The number of amides is 2. The Kier molecular flexibility index (Phi) is 4.53. The molecular formula is C17H19N3O3S. The summed E-state index contributed by atoms with van der Waals surface area (Å²) in [5.74, 6) is 0.733. The fourth-order valence-electron chi connectivity index (χ4n) is 2.77. The van der Waals surface area contributed by atoms with E-state index in [1.807, 2.05) is 18.4 Å². The lowest BCUT2D eigenvalue weighted by molar-refractivity contribution is 0.0793. The Morgan fingerprint density at radius 2 is 2.12 bits per heavy atom. The summed E-state index contributed by atoms with van der Waals surface area (Å²) in [7, 11) is 3.39. The van der Waals surface area contributed by atoms with Gasteiger partial charge in [-0.2, -0.15) is 5.10 Å². The molecule has 2 heterocycles. The number of carbonyl (C=O) groups excluding carboxylic acids is 2. The lowest BCUT2D eigenvalue weighted by Gasteiger charge is -2.13. The summed E-state index contributed by atoms with van der Waals surface area (Å²) < 4.78 is 5.79. The minimum atomic E-state index is -0.227. The van der Waals surface area contributed by atoms with Crippen molar-refractivity contribution < 1.29 is 14.0 Å². The molecule has 0 spiro atoms. The summed E-state index contributed by atoms with van der Waals surface area (Å²) >= 11 is 1.37. The molecule has 0 saturated heterocycles. The van der Waals surface area contributed by atoms with E-state index in [0.29, 0.717) is 10.6 Å². The van der Waals surface area contributed by atoms with Crippen molar-refractivity contribution in [1.29, 1.82) is 0 Å². The first-order valence-corrected chi connectivity index (χ1v) is 8.61. The van der Waals surface area contributed by atoms with Crippen LogP contribution in [0, 0.1) is 6.92 Å². The molecule has 6 nitrogen and oxygen atoms in total. The number of aryl methyl sites for hydroxylation is 1. The number of nitrogens with one attached hydrogen (secondary N) is 1. The molecule has 24 heavy (non-hydrogen) atoms. The van der Waals surface area contributed by atoms with Crippen molar-refractivity contribution in [2.45, 2.75) is 26.2 Å². The third-order valence-electron chi connectivity index (χ3n) is 3.96. The Morgan fingerprint density at radius 3 is 2.79 bits per heavy atom. The number of hydrazone groups is 1. The highest BCUT2D eigenvalue weighted by molar-refractivity contribution is 7.12. The maximum atomic E-state index is 12.2. The highest BCUT2D eigenvalue weighted by Gasteiger charge is 2.28. The Labute approximate surface area is 144 Å². The summed E-state index contributed by atoms with van der Waals surface area (Å²) in [5, 5.41) is 6.15. The van der Waals surface area contributed by atoms with E-state index in [2.05, 4.69) is 10.5 Å². The Balaban J connectivity index is 1.90. The van der Waals surface area contributed by atoms with Gasteiger partial charge in [-0.05, 0) is 31.2 Å². The molecule has 3 rings (SSSR count). The van der Waals surface area contributed by atoms with Crippen LogP contribution in [0.2, 0.25) is 0 Å². The maximum Gasteiger partial charge on any atom is 0.289 e. The highest BCUT2D eigenvalue weighted by atomic mass is 32.1. The van der Waals surface area contributed by atoms with E-state index >= 15 is 0 Å². The van der Waals surface area contributed by atoms with Gasteiger partial charge in [0.2, 0.25) is 0 Å². The second kappa shape index (κ2) is 6.60. The molecule has 0 aromatic carbocycles. The van der Waals surface area contributed by atoms with Gasteiger partial charge in [0.1, 0.15) is 5.76 Å². The van der Waals surface area contributed by atoms with E-state index in [1.54, 1.807) is 20.2 Å². The van der Waals surface area contributed by atoms with Gasteiger partial charge in [-0.25, -0.2) is 5.43 Å². The monoisotopic (exact) mass is 345 g/mol. The number of carbonyl (C=O) groups is 2. The molecule has 126 valence electrons. The van der Waals surface area contributed by atoms with E-state index in [1.165, 1.54) is 16.2 Å². The van der Waals surface area contributed by atoms with Crippen molar-refractivity contribution in [3.05, 3.63) is 45.0 Å². The van der Waals surface area contributed by atoms with Gasteiger partial charge in [0.15, 0.2) is 5.76 Å². The molecule has 0 saturated carbocycles. The van der Waals surface area contributed by atoms with Crippen LogP contribution in [0.5, 0.6) is 0 Å². The zero-order chi connectivity index (χ0) is 17.3. The number of hydrogen-bond donors (Lipinski definition) is 1. The van der Waals surface area contributed by atoms with Gasteiger partial charge in [0.25, 0.3) is 11.8 Å². The SMILES string of the molecule is Cc1c(C(=O)N(C)C)oc2c1/C(=N/NC(=O)c1cccs1)CCC2. The topological polar surface area (TPSA) is 74.9 Å². The normalized spacial score (nSPS) is 15.2. The molecule has 0 bridgehead atoms. The second-order valence-corrected chi connectivity index (χ2v) is 6.83. The fraction of sp³-hybridized carbons (Fsp3) is 0.353. The van der Waals surface area contributed by atoms with Crippen LogP contribution in [0.4, 0.5) is 0 Å². The molecule has 0 fully saturated rings. The quantitative estimate of drug-likeness (QED) is 0.869. The number of furan rings is 1. The predicted octanol–water partition coefficient (Wildman–Crippen LogP) is 2.82. The van der Waals surface area contributed by atoms with Crippen molar-refractivity contribution in [3.8, 4) is 0 Å². The first-order valence-electron chi connectivity index (χ1n) is 7.73. The van der Waals surface area contributed by atoms with E-state index < -0.39 is 0 Å². The molecule has 1 N–H and O–H groups in total. The van der Waals surface area contributed by atoms with Crippen LogP contribution >= 0.6 is 11.3 Å². The summed E-state index contributed by atoms with van der Waals surface area (Å²) in [4.78, 5) is 26.4. The van der Waals surface area contributed by atoms with E-state index in [0.717, 1.165) is 41.9 Å². The van der Waals surface area contributed by atoms with Gasteiger partial charge in [0.05, 0.1) is 10.6 Å². The van der Waals surface area contributed by atoms with Crippen molar-refractivity contribution in [2.24, 2.45) is 5.10 Å². The smallest absolute Gasteiger partial charge is 0.289 e. The van der Waals surface area contributed by atoms with Crippen molar-refractivity contribution in [2.75, 3.05) is 14.1 Å². The molecule has 0 unspecified atom stereocenters. The number of rotatable bonds is 3. The molecular weight excluding hydrogens is 326 g/mol. The Morgan fingerprint density at radius 1 is 1.33 bits per heavy atom. The van der Waals surface area contributed by atoms with E-state index in [9.17, 15) is 9.59 Å². The van der Waals surface area contributed by atoms with Gasteiger partial charge in [-0.1, -0.05) is 6.07 Å². The molecule has 2 aromatic rings. The van der Waals surface area contributed by atoms with Crippen molar-refractivity contribution >= 4 is 28.9 Å². The summed E-state index contributed by atoms with van der Waals surface area (Å²) in [6, 6.07) is 3.58. The highest BCUT2D eigenvalue weighted by Crippen LogP contribution is 2.30. The van der Waals surface area contributed by atoms with Crippen molar-refractivity contribution in [1.82, 2.24) is 10.3 Å². The molecule has 0 radical (unpaired) electrons. The molecule has 1 aliphatic carbocycles. The van der Waals surface area contributed by atoms with Crippen molar-refractivity contribution in [3.63, 3.8) is 0 Å². The van der Waals surface area contributed by atoms with E-state index in [4.69, 9.17) is 4.42 Å². The van der Waals surface area contributed by atoms with E-state index in [-0.39, 0.29) is 11.8 Å². The minimum absolute atomic E-state index is 0.163. The molecule has 2 aromatic heterocycles. The van der Waals surface area contributed by atoms with Gasteiger partial charge < -0.3 is 9.32 Å². The first-order chi connectivity index (χ1) is 11.5. The average Bonchev–Trinajstić information content (AvgIpc) is 3.20. The molecule has 0 atom stereocenters. The second-order valence-electron chi connectivity index (χ2n) is 5.88. The number of fused-ring (bicyclic) bond motifs is 1. The third-order valence-corrected chi connectivity index (χ3v) is 4.83. The van der Waals surface area contributed by atoms with Gasteiger partial charge in [0, 0.05) is 31.6 Å². The lowest BCUT2D eigenvalue weighted by atomic mass is 9.93. The average molecular weight is 345 g/mol. The zero-order valence-electron chi connectivity index (χ0n) is 13.9. The van der Waals surface area contributed by atoms with Gasteiger partial charge in [-0.15, -0.1) is 11.3 Å². The zero-order valence-corrected chi connectivity index (χ0v) is 14.7. The Hall–Kier alpha value is -2.41. The fourth-order valence-corrected chi connectivity index (χ4v) is 3.38. The standard InChI is InChI=1S/C17H19N3O3S/c1-10-14-11(18-19-16(21)13-8-5-9-24-13)6-4-7-12(14)23-15(10)17(22)20(2)3/h5,8-9H,4,6-7H2,1-3H3,(H,19,21)/b18-11+. The van der Waals surface area contributed by atoms with Crippen LogP contribution in [0.1, 0.15) is 50.0 Å². The van der Waals surface area contributed by atoms with Gasteiger partial charge in [-0.3, -0.25) is 9.59 Å². The number of nitrogens with zero attached hydrogens (tertiary/aromatic N) is 2. The summed E-state index contributed by atoms with van der Waals surface area (Å²) in [6.07, 6.45) is 2.39. The lowest BCUT2D eigenvalue weighted by Crippen LogP contribution is -2.22. The Bertz CT molecular complexity index is 803. The van der Waals surface area contributed by atoms with Crippen LogP contribution in [-0.2, 0) is 6.42 Å². The van der Waals surface area contributed by atoms with Crippen LogP contribution in [-0.4, -0.2) is 36.5 Å².